The number of likely N-dealkylation sites (tertiary alicyclic amines) is 1. The van der Waals surface area contributed by atoms with E-state index in [2.05, 4.69) is 5.10 Å². The summed E-state index contributed by atoms with van der Waals surface area (Å²) in [5, 5.41) is 3.46. The second-order valence-corrected chi connectivity index (χ2v) is 5.14. The largest absolute Gasteiger partial charge is 0.435 e. The zero-order valence-corrected chi connectivity index (χ0v) is 11.6. The molecule has 0 bridgehead atoms. The van der Waals surface area contributed by atoms with Crippen LogP contribution in [0.1, 0.15) is 47.4 Å². The van der Waals surface area contributed by atoms with Crippen LogP contribution in [0.4, 0.5) is 13.2 Å². The maximum absolute atomic E-state index is 13.0. The van der Waals surface area contributed by atoms with Gasteiger partial charge in [-0.25, -0.2) is 0 Å². The van der Waals surface area contributed by atoms with Crippen LogP contribution in [0.3, 0.4) is 0 Å². The SMILES string of the molecule is Cc1c(C(=O)N2CCCCCC2)c(C(F)(F)F)nn1C. The average Bonchev–Trinajstić information content (AvgIpc) is 2.59. The maximum Gasteiger partial charge on any atom is 0.435 e. The molecule has 0 atom stereocenters. The molecular formula is C13H18F3N3O. The zero-order chi connectivity index (χ0) is 14.9. The summed E-state index contributed by atoms with van der Waals surface area (Å²) in [6.45, 7) is 2.53. The summed E-state index contributed by atoms with van der Waals surface area (Å²) in [5.41, 5.74) is -1.12. The summed E-state index contributed by atoms with van der Waals surface area (Å²) in [5.74, 6) is -0.551. The van der Waals surface area contributed by atoms with Gasteiger partial charge in [0, 0.05) is 25.8 Å². The van der Waals surface area contributed by atoms with Crippen molar-refractivity contribution in [3.8, 4) is 0 Å². The fraction of sp³-hybridized carbons (Fsp3) is 0.692. The van der Waals surface area contributed by atoms with Crippen LogP contribution in [0, 0.1) is 6.92 Å². The van der Waals surface area contributed by atoms with Crippen molar-refractivity contribution in [2.75, 3.05) is 13.1 Å². The second-order valence-electron chi connectivity index (χ2n) is 5.14. The van der Waals surface area contributed by atoms with E-state index >= 15 is 0 Å². The summed E-state index contributed by atoms with van der Waals surface area (Å²) >= 11 is 0. The van der Waals surface area contributed by atoms with Crippen molar-refractivity contribution in [3.05, 3.63) is 17.0 Å². The molecule has 1 fully saturated rings. The predicted molar refractivity (Wildman–Crippen MR) is 67.3 cm³/mol. The first-order valence-electron chi connectivity index (χ1n) is 6.72. The monoisotopic (exact) mass is 289 g/mol. The topological polar surface area (TPSA) is 38.1 Å². The van der Waals surface area contributed by atoms with Crippen molar-refractivity contribution in [2.45, 2.75) is 38.8 Å². The van der Waals surface area contributed by atoms with Crippen molar-refractivity contribution in [1.82, 2.24) is 14.7 Å². The van der Waals surface area contributed by atoms with Gasteiger partial charge < -0.3 is 4.90 Å². The number of carbonyl (C=O) groups is 1. The quantitative estimate of drug-likeness (QED) is 0.797. The molecule has 0 saturated carbocycles. The lowest BCUT2D eigenvalue weighted by Crippen LogP contribution is -2.33. The molecule has 4 nitrogen and oxygen atoms in total. The van der Waals surface area contributed by atoms with Crippen LogP contribution in [0.25, 0.3) is 0 Å². The standard InChI is InChI=1S/C13H18F3N3O/c1-9-10(11(13(14,15)16)17-18(9)2)12(20)19-7-5-3-4-6-8-19/h3-8H2,1-2H3. The number of nitrogens with zero attached hydrogens (tertiary/aromatic N) is 3. The molecule has 0 radical (unpaired) electrons. The van der Waals surface area contributed by atoms with Crippen LogP contribution in [0.15, 0.2) is 0 Å². The molecule has 1 aliphatic heterocycles. The molecule has 2 rings (SSSR count). The van der Waals surface area contributed by atoms with E-state index in [1.807, 2.05) is 0 Å². The first kappa shape index (κ1) is 14.9. The molecule has 7 heteroatoms. The van der Waals surface area contributed by atoms with Crippen molar-refractivity contribution in [1.29, 1.82) is 0 Å². The molecule has 1 amide bonds. The van der Waals surface area contributed by atoms with Crippen LogP contribution < -0.4 is 0 Å². The zero-order valence-electron chi connectivity index (χ0n) is 11.6. The molecule has 112 valence electrons. The van der Waals surface area contributed by atoms with Crippen molar-refractivity contribution < 1.29 is 18.0 Å². The summed E-state index contributed by atoms with van der Waals surface area (Å²) in [6, 6.07) is 0. The Morgan fingerprint density at radius 1 is 1.15 bits per heavy atom. The maximum atomic E-state index is 13.0. The van der Waals surface area contributed by atoms with Crippen LogP contribution in [-0.4, -0.2) is 33.7 Å². The number of hydrogen-bond acceptors (Lipinski definition) is 2. The molecule has 1 aromatic heterocycles. The van der Waals surface area contributed by atoms with Crippen molar-refractivity contribution >= 4 is 5.91 Å². The Morgan fingerprint density at radius 2 is 1.70 bits per heavy atom. The van der Waals surface area contributed by atoms with Gasteiger partial charge in [0.2, 0.25) is 0 Å². The van der Waals surface area contributed by atoms with Gasteiger partial charge in [0.05, 0.1) is 5.56 Å². The van der Waals surface area contributed by atoms with E-state index in [1.54, 1.807) is 0 Å². The number of carbonyl (C=O) groups excluding carboxylic acids is 1. The Kier molecular flexibility index (Phi) is 4.06. The number of amides is 1. The summed E-state index contributed by atoms with van der Waals surface area (Å²) in [7, 11) is 1.42. The molecule has 1 saturated heterocycles. The molecular weight excluding hydrogens is 271 g/mol. The van der Waals surface area contributed by atoms with Crippen molar-refractivity contribution in [3.63, 3.8) is 0 Å². The first-order chi connectivity index (χ1) is 9.32. The third-order valence-electron chi connectivity index (χ3n) is 3.71. The van der Waals surface area contributed by atoms with Gasteiger partial charge >= 0.3 is 6.18 Å². The Morgan fingerprint density at radius 3 is 2.20 bits per heavy atom. The highest BCUT2D eigenvalue weighted by Gasteiger charge is 2.41. The highest BCUT2D eigenvalue weighted by Crippen LogP contribution is 2.33. The number of alkyl halides is 3. The Balaban J connectivity index is 2.38. The van der Waals surface area contributed by atoms with Gasteiger partial charge in [-0.3, -0.25) is 9.48 Å². The van der Waals surface area contributed by atoms with Crippen LogP contribution >= 0.6 is 0 Å². The minimum atomic E-state index is -4.61. The van der Waals surface area contributed by atoms with Crippen LogP contribution in [0.2, 0.25) is 0 Å². The van der Waals surface area contributed by atoms with Crippen LogP contribution in [0.5, 0.6) is 0 Å². The van der Waals surface area contributed by atoms with E-state index in [0.29, 0.717) is 13.1 Å². The van der Waals surface area contributed by atoms with Gasteiger partial charge in [-0.2, -0.15) is 18.3 Å². The van der Waals surface area contributed by atoms with E-state index in [-0.39, 0.29) is 11.3 Å². The molecule has 0 aromatic carbocycles. The molecule has 0 aliphatic carbocycles. The Labute approximate surface area is 115 Å². The number of aromatic nitrogens is 2. The highest BCUT2D eigenvalue weighted by atomic mass is 19.4. The lowest BCUT2D eigenvalue weighted by Gasteiger charge is -2.21. The lowest BCUT2D eigenvalue weighted by atomic mass is 10.1. The van der Waals surface area contributed by atoms with E-state index in [4.69, 9.17) is 0 Å². The number of rotatable bonds is 1. The van der Waals surface area contributed by atoms with Gasteiger partial charge in [-0.15, -0.1) is 0 Å². The predicted octanol–water partition coefficient (Wildman–Crippen LogP) is 2.76. The molecule has 0 unspecified atom stereocenters. The van der Waals surface area contributed by atoms with Gasteiger partial charge in [0.25, 0.3) is 5.91 Å². The number of halogens is 3. The van der Waals surface area contributed by atoms with E-state index in [9.17, 15) is 18.0 Å². The van der Waals surface area contributed by atoms with Gasteiger partial charge in [-0.1, -0.05) is 12.8 Å². The normalized spacial score (nSPS) is 17.1. The Bertz CT molecular complexity index is 500. The molecule has 1 aromatic rings. The number of hydrogen-bond donors (Lipinski definition) is 0. The van der Waals surface area contributed by atoms with Gasteiger partial charge in [-0.05, 0) is 19.8 Å². The molecule has 0 spiro atoms. The fourth-order valence-electron chi connectivity index (χ4n) is 2.49. The second kappa shape index (κ2) is 5.46. The third kappa shape index (κ3) is 2.81. The first-order valence-corrected chi connectivity index (χ1v) is 6.72. The third-order valence-corrected chi connectivity index (χ3v) is 3.71. The molecule has 1 aliphatic rings. The minimum Gasteiger partial charge on any atom is -0.339 e. The lowest BCUT2D eigenvalue weighted by molar-refractivity contribution is -0.141. The Hall–Kier alpha value is -1.53. The molecule has 0 N–H and O–H groups in total. The summed E-state index contributed by atoms with van der Waals surface area (Å²) in [4.78, 5) is 13.9. The van der Waals surface area contributed by atoms with Crippen molar-refractivity contribution in [2.24, 2.45) is 7.05 Å². The number of aryl methyl sites for hydroxylation is 1. The van der Waals surface area contributed by atoms with E-state index < -0.39 is 17.8 Å². The summed E-state index contributed by atoms with van der Waals surface area (Å²) < 4.78 is 40.1. The van der Waals surface area contributed by atoms with E-state index in [1.165, 1.54) is 18.9 Å². The fourth-order valence-corrected chi connectivity index (χ4v) is 2.49. The van der Waals surface area contributed by atoms with Gasteiger partial charge in [0.15, 0.2) is 5.69 Å². The summed E-state index contributed by atoms with van der Waals surface area (Å²) in [6.07, 6.45) is -0.897. The minimum absolute atomic E-state index is 0.256. The van der Waals surface area contributed by atoms with Crippen LogP contribution in [-0.2, 0) is 13.2 Å². The molecule has 2 heterocycles. The van der Waals surface area contributed by atoms with Gasteiger partial charge in [0.1, 0.15) is 0 Å². The highest BCUT2D eigenvalue weighted by molar-refractivity contribution is 5.96. The molecule has 20 heavy (non-hydrogen) atoms. The van der Waals surface area contributed by atoms with E-state index in [0.717, 1.165) is 30.4 Å². The average molecular weight is 289 g/mol. The smallest absolute Gasteiger partial charge is 0.339 e.